The average molecular weight is 286 g/mol. The van der Waals surface area contributed by atoms with E-state index in [1.807, 2.05) is 0 Å². The van der Waals surface area contributed by atoms with E-state index in [0.717, 1.165) is 6.20 Å². The maximum absolute atomic E-state index is 12.9. The van der Waals surface area contributed by atoms with Gasteiger partial charge in [-0.1, -0.05) is 0 Å². The summed E-state index contributed by atoms with van der Waals surface area (Å²) >= 11 is 0. The zero-order valence-corrected chi connectivity index (χ0v) is 10.1. The molecule has 1 aromatic carbocycles. The van der Waals surface area contributed by atoms with Crippen molar-refractivity contribution < 1.29 is 22.3 Å². The first-order valence-corrected chi connectivity index (χ1v) is 5.61. The van der Waals surface area contributed by atoms with E-state index in [2.05, 4.69) is 15.0 Å². The number of rotatable bonds is 4. The number of nitrogens with zero attached hydrogens (tertiary/aromatic N) is 1. The van der Waals surface area contributed by atoms with Crippen LogP contribution < -0.4 is 10.1 Å². The molecule has 0 aliphatic carbocycles. The quantitative estimate of drug-likeness (QED) is 0.870. The van der Waals surface area contributed by atoms with Crippen LogP contribution in [0.4, 0.5) is 23.2 Å². The minimum absolute atomic E-state index is 0.296. The zero-order chi connectivity index (χ0) is 14.6. The first-order chi connectivity index (χ1) is 9.42. The van der Waals surface area contributed by atoms with Crippen LogP contribution in [0.1, 0.15) is 5.56 Å². The molecule has 3 nitrogen and oxygen atoms in total. The first-order valence-electron chi connectivity index (χ1n) is 5.61. The second-order valence-electron chi connectivity index (χ2n) is 3.94. The Morgan fingerprint density at radius 1 is 1.10 bits per heavy atom. The smallest absolute Gasteiger partial charge is 0.406 e. The standard InChI is InChI=1S/C13H10F4N2O/c14-10-5-9(6-18-8-10)7-19-11-1-3-12(4-2-11)20-13(15,16)17/h1-6,8,19H,7H2. The van der Waals surface area contributed by atoms with Crippen LogP contribution in [0.5, 0.6) is 5.75 Å². The summed E-state index contributed by atoms with van der Waals surface area (Å²) in [6, 6.07) is 6.59. The lowest BCUT2D eigenvalue weighted by molar-refractivity contribution is -0.274. The van der Waals surface area contributed by atoms with E-state index in [1.54, 1.807) is 0 Å². The lowest BCUT2D eigenvalue weighted by Crippen LogP contribution is -2.17. The normalized spacial score (nSPS) is 11.2. The Bertz CT molecular complexity index is 569. The van der Waals surface area contributed by atoms with Crippen molar-refractivity contribution in [3.63, 3.8) is 0 Å². The second kappa shape index (κ2) is 5.77. The second-order valence-corrected chi connectivity index (χ2v) is 3.94. The van der Waals surface area contributed by atoms with Crippen LogP contribution >= 0.6 is 0 Å². The van der Waals surface area contributed by atoms with Crippen molar-refractivity contribution in [1.29, 1.82) is 0 Å². The molecule has 2 aromatic rings. The van der Waals surface area contributed by atoms with Gasteiger partial charge in [0.2, 0.25) is 0 Å². The van der Waals surface area contributed by atoms with Crippen LogP contribution in [0.25, 0.3) is 0 Å². The molecule has 1 aromatic heterocycles. The predicted octanol–water partition coefficient (Wildman–Crippen LogP) is 3.73. The van der Waals surface area contributed by atoms with Crippen LogP contribution in [0, 0.1) is 5.82 Å². The number of halogens is 4. The molecule has 0 aliphatic heterocycles. The molecular formula is C13H10F4N2O. The summed E-state index contributed by atoms with van der Waals surface area (Å²) < 4.78 is 52.5. The molecule has 0 saturated heterocycles. The Labute approximate surface area is 112 Å². The van der Waals surface area contributed by atoms with Crippen molar-refractivity contribution in [3.8, 4) is 5.75 Å². The van der Waals surface area contributed by atoms with E-state index in [1.165, 1.54) is 36.5 Å². The largest absolute Gasteiger partial charge is 0.573 e. The number of aromatic nitrogens is 1. The topological polar surface area (TPSA) is 34.2 Å². The molecule has 20 heavy (non-hydrogen) atoms. The molecule has 0 saturated carbocycles. The fourth-order valence-electron chi connectivity index (χ4n) is 1.53. The van der Waals surface area contributed by atoms with Crippen molar-refractivity contribution in [1.82, 2.24) is 4.98 Å². The number of ether oxygens (including phenoxy) is 1. The average Bonchev–Trinajstić information content (AvgIpc) is 2.36. The third-order valence-electron chi connectivity index (χ3n) is 2.35. The van der Waals surface area contributed by atoms with Crippen molar-refractivity contribution in [2.75, 3.05) is 5.32 Å². The minimum Gasteiger partial charge on any atom is -0.406 e. The van der Waals surface area contributed by atoms with Crippen LogP contribution in [-0.4, -0.2) is 11.3 Å². The maximum Gasteiger partial charge on any atom is 0.573 e. The molecule has 1 N–H and O–H groups in total. The Kier molecular flexibility index (Phi) is 4.07. The van der Waals surface area contributed by atoms with Gasteiger partial charge in [0.15, 0.2) is 0 Å². The van der Waals surface area contributed by atoms with Crippen LogP contribution in [0.3, 0.4) is 0 Å². The highest BCUT2D eigenvalue weighted by Crippen LogP contribution is 2.24. The molecule has 0 fully saturated rings. The molecule has 0 spiro atoms. The van der Waals surface area contributed by atoms with Gasteiger partial charge in [0.1, 0.15) is 11.6 Å². The zero-order valence-electron chi connectivity index (χ0n) is 10.1. The van der Waals surface area contributed by atoms with Gasteiger partial charge in [0, 0.05) is 18.4 Å². The van der Waals surface area contributed by atoms with Gasteiger partial charge in [-0.25, -0.2) is 4.39 Å². The number of pyridine rings is 1. The summed E-state index contributed by atoms with van der Waals surface area (Å²) in [6.07, 6.45) is -2.12. The van der Waals surface area contributed by atoms with E-state index in [0.29, 0.717) is 17.8 Å². The lowest BCUT2D eigenvalue weighted by atomic mass is 10.2. The summed E-state index contributed by atoms with van der Waals surface area (Å²) in [5.74, 6) is -0.742. The number of hydrogen-bond donors (Lipinski definition) is 1. The summed E-state index contributed by atoms with van der Waals surface area (Å²) in [4.78, 5) is 3.69. The van der Waals surface area contributed by atoms with Crippen LogP contribution in [-0.2, 0) is 6.54 Å². The van der Waals surface area contributed by atoms with Crippen molar-refractivity contribution in [3.05, 3.63) is 54.1 Å². The van der Waals surface area contributed by atoms with Gasteiger partial charge in [-0.05, 0) is 35.9 Å². The van der Waals surface area contributed by atoms with Crippen LogP contribution in [0.2, 0.25) is 0 Å². The van der Waals surface area contributed by atoms with Gasteiger partial charge < -0.3 is 10.1 Å². The minimum atomic E-state index is -4.71. The highest BCUT2D eigenvalue weighted by atomic mass is 19.4. The number of benzene rings is 1. The summed E-state index contributed by atoms with van der Waals surface area (Å²) in [5.41, 5.74) is 1.21. The van der Waals surface area contributed by atoms with Gasteiger partial charge in [-0.3, -0.25) is 4.98 Å². The fourth-order valence-corrected chi connectivity index (χ4v) is 1.53. The fraction of sp³-hybridized carbons (Fsp3) is 0.154. The molecule has 0 atom stereocenters. The van der Waals surface area contributed by atoms with Gasteiger partial charge in [-0.15, -0.1) is 13.2 Å². The Morgan fingerprint density at radius 3 is 2.40 bits per heavy atom. The number of nitrogens with one attached hydrogen (secondary N) is 1. The summed E-state index contributed by atoms with van der Waals surface area (Å²) in [6.45, 7) is 0.310. The molecule has 0 aliphatic rings. The van der Waals surface area contributed by atoms with E-state index in [9.17, 15) is 17.6 Å². The van der Waals surface area contributed by atoms with E-state index >= 15 is 0 Å². The first kappa shape index (κ1) is 14.1. The highest BCUT2D eigenvalue weighted by Gasteiger charge is 2.30. The number of alkyl halides is 3. The lowest BCUT2D eigenvalue weighted by Gasteiger charge is -2.10. The van der Waals surface area contributed by atoms with Gasteiger partial charge in [0.05, 0.1) is 6.20 Å². The third kappa shape index (κ3) is 4.42. The molecule has 0 unspecified atom stereocenters. The van der Waals surface area contributed by atoms with Gasteiger partial charge in [0.25, 0.3) is 0 Å². The van der Waals surface area contributed by atoms with Gasteiger partial charge in [-0.2, -0.15) is 0 Å². The monoisotopic (exact) mass is 286 g/mol. The summed E-state index contributed by atoms with van der Waals surface area (Å²) in [5, 5.41) is 2.93. The molecule has 0 radical (unpaired) electrons. The Balaban J connectivity index is 1.94. The Hall–Kier alpha value is -2.31. The van der Waals surface area contributed by atoms with Crippen molar-refractivity contribution in [2.45, 2.75) is 12.9 Å². The highest BCUT2D eigenvalue weighted by molar-refractivity contribution is 5.46. The molecule has 7 heteroatoms. The maximum atomic E-state index is 12.9. The number of hydrogen-bond acceptors (Lipinski definition) is 3. The molecule has 0 amide bonds. The van der Waals surface area contributed by atoms with Crippen molar-refractivity contribution in [2.24, 2.45) is 0 Å². The molecule has 2 rings (SSSR count). The third-order valence-corrected chi connectivity index (χ3v) is 2.35. The predicted molar refractivity (Wildman–Crippen MR) is 64.6 cm³/mol. The van der Waals surface area contributed by atoms with Crippen LogP contribution in [0.15, 0.2) is 42.7 Å². The summed E-state index contributed by atoms with van der Waals surface area (Å²) in [7, 11) is 0. The SMILES string of the molecule is Fc1cncc(CNc2ccc(OC(F)(F)F)cc2)c1. The van der Waals surface area contributed by atoms with E-state index in [-0.39, 0.29) is 5.75 Å². The Morgan fingerprint density at radius 2 is 1.80 bits per heavy atom. The number of anilines is 1. The van der Waals surface area contributed by atoms with Gasteiger partial charge >= 0.3 is 6.36 Å². The molecule has 1 heterocycles. The molecule has 106 valence electrons. The molecule has 0 bridgehead atoms. The molecular weight excluding hydrogens is 276 g/mol. The van der Waals surface area contributed by atoms with E-state index < -0.39 is 12.2 Å². The van der Waals surface area contributed by atoms with E-state index in [4.69, 9.17) is 0 Å². The van der Waals surface area contributed by atoms with Crippen molar-refractivity contribution >= 4 is 5.69 Å².